The van der Waals surface area contributed by atoms with Crippen LogP contribution in [-0.4, -0.2) is 23.3 Å². The Bertz CT molecular complexity index is 198. The summed E-state index contributed by atoms with van der Waals surface area (Å²) in [7, 11) is 0. The number of ketones is 2. The van der Waals surface area contributed by atoms with Crippen molar-refractivity contribution < 1.29 is 14.7 Å². The quantitative estimate of drug-likeness (QED) is 0.632. The Balaban J connectivity index is 2.48. The first kappa shape index (κ1) is 9.39. The fraction of sp³-hybridized carbons (Fsp3) is 0.778. The molecule has 12 heavy (non-hydrogen) atoms. The number of carbonyl (C=O) groups is 2. The van der Waals surface area contributed by atoms with Crippen molar-refractivity contribution in [3.63, 3.8) is 0 Å². The molecule has 0 spiro atoms. The lowest BCUT2D eigenvalue weighted by molar-refractivity contribution is -0.138. The molecule has 0 amide bonds. The third-order valence-electron chi connectivity index (χ3n) is 2.68. The summed E-state index contributed by atoms with van der Waals surface area (Å²) in [6.07, 6.45) is 3.05. The van der Waals surface area contributed by atoms with Crippen LogP contribution < -0.4 is 0 Å². The monoisotopic (exact) mass is 170 g/mol. The third-order valence-corrected chi connectivity index (χ3v) is 2.68. The zero-order valence-corrected chi connectivity index (χ0v) is 7.30. The van der Waals surface area contributed by atoms with Crippen LogP contribution in [0.5, 0.6) is 0 Å². The van der Waals surface area contributed by atoms with Crippen molar-refractivity contribution in [2.24, 2.45) is 5.41 Å². The van der Waals surface area contributed by atoms with Gasteiger partial charge in [-0.25, -0.2) is 0 Å². The number of aliphatic hydroxyl groups excluding tert-OH is 1. The average molecular weight is 170 g/mol. The molecular formula is C9H14O3. The predicted octanol–water partition coefficient (Wildman–Crippen LogP) is 0.697. The standard InChI is InChI=1S/C9H14O3/c1-7(11)8(12)5-9(6-10)3-2-4-9/h10H,2-6H2,1H3. The second-order valence-electron chi connectivity index (χ2n) is 3.67. The second-order valence-corrected chi connectivity index (χ2v) is 3.67. The molecule has 0 bridgehead atoms. The molecule has 0 aliphatic heterocycles. The molecule has 0 heterocycles. The largest absolute Gasteiger partial charge is 0.396 e. The molecule has 0 unspecified atom stereocenters. The van der Waals surface area contributed by atoms with Crippen molar-refractivity contribution in [2.75, 3.05) is 6.61 Å². The Morgan fingerprint density at radius 1 is 1.42 bits per heavy atom. The minimum Gasteiger partial charge on any atom is -0.396 e. The molecule has 3 nitrogen and oxygen atoms in total. The van der Waals surface area contributed by atoms with Gasteiger partial charge in [0.05, 0.1) is 0 Å². The zero-order valence-electron chi connectivity index (χ0n) is 7.30. The fourth-order valence-corrected chi connectivity index (χ4v) is 1.53. The van der Waals surface area contributed by atoms with E-state index < -0.39 is 5.78 Å². The molecule has 0 aromatic heterocycles. The van der Waals surface area contributed by atoms with Gasteiger partial charge in [-0.1, -0.05) is 6.42 Å². The van der Waals surface area contributed by atoms with E-state index in [9.17, 15) is 9.59 Å². The summed E-state index contributed by atoms with van der Waals surface area (Å²) in [5.41, 5.74) is -0.247. The first-order valence-corrected chi connectivity index (χ1v) is 4.24. The molecule has 68 valence electrons. The summed E-state index contributed by atoms with van der Waals surface area (Å²) in [6, 6.07) is 0. The van der Waals surface area contributed by atoms with Gasteiger partial charge >= 0.3 is 0 Å². The Labute approximate surface area is 71.8 Å². The van der Waals surface area contributed by atoms with Gasteiger partial charge in [0.1, 0.15) is 0 Å². The van der Waals surface area contributed by atoms with Gasteiger partial charge < -0.3 is 5.11 Å². The van der Waals surface area contributed by atoms with Crippen molar-refractivity contribution in [1.29, 1.82) is 0 Å². The molecule has 0 aromatic carbocycles. The van der Waals surface area contributed by atoms with E-state index >= 15 is 0 Å². The number of rotatable bonds is 4. The van der Waals surface area contributed by atoms with E-state index in [0.717, 1.165) is 19.3 Å². The smallest absolute Gasteiger partial charge is 0.198 e. The average Bonchev–Trinajstić information content (AvgIpc) is 1.96. The molecule has 1 aliphatic carbocycles. The van der Waals surface area contributed by atoms with Gasteiger partial charge in [0.15, 0.2) is 11.6 Å². The molecule has 1 saturated carbocycles. The lowest BCUT2D eigenvalue weighted by atomic mass is 9.66. The van der Waals surface area contributed by atoms with Gasteiger partial charge in [-0.15, -0.1) is 0 Å². The number of hydrogen-bond acceptors (Lipinski definition) is 3. The van der Waals surface area contributed by atoms with Gasteiger partial charge in [-0.3, -0.25) is 9.59 Å². The maximum absolute atomic E-state index is 11.0. The molecule has 0 atom stereocenters. The topological polar surface area (TPSA) is 54.4 Å². The normalized spacial score (nSPS) is 19.8. The van der Waals surface area contributed by atoms with E-state index in [1.807, 2.05) is 0 Å². The Kier molecular flexibility index (Phi) is 2.62. The maximum atomic E-state index is 11.0. The van der Waals surface area contributed by atoms with E-state index in [0.29, 0.717) is 0 Å². The number of Topliss-reactive ketones (excluding diaryl/α,β-unsaturated/α-hetero) is 2. The summed E-state index contributed by atoms with van der Waals surface area (Å²) < 4.78 is 0. The van der Waals surface area contributed by atoms with Crippen LogP contribution in [0.25, 0.3) is 0 Å². The maximum Gasteiger partial charge on any atom is 0.198 e. The van der Waals surface area contributed by atoms with Gasteiger partial charge in [-0.2, -0.15) is 0 Å². The molecule has 3 heteroatoms. The number of carbonyl (C=O) groups excluding carboxylic acids is 2. The van der Waals surface area contributed by atoms with Crippen LogP contribution in [0.15, 0.2) is 0 Å². The van der Waals surface area contributed by atoms with Crippen molar-refractivity contribution in [3.8, 4) is 0 Å². The van der Waals surface area contributed by atoms with E-state index in [4.69, 9.17) is 5.11 Å². The second kappa shape index (κ2) is 3.35. The first-order chi connectivity index (χ1) is 5.59. The van der Waals surface area contributed by atoms with E-state index in [2.05, 4.69) is 0 Å². The molecule has 1 rings (SSSR count). The first-order valence-electron chi connectivity index (χ1n) is 4.24. The van der Waals surface area contributed by atoms with E-state index in [-0.39, 0.29) is 24.2 Å². The summed E-state index contributed by atoms with van der Waals surface area (Å²) >= 11 is 0. The molecule has 1 aliphatic rings. The predicted molar refractivity (Wildman–Crippen MR) is 43.7 cm³/mol. The number of hydrogen-bond donors (Lipinski definition) is 1. The highest BCUT2D eigenvalue weighted by molar-refractivity contribution is 6.36. The van der Waals surface area contributed by atoms with Crippen molar-refractivity contribution >= 4 is 11.6 Å². The highest BCUT2D eigenvalue weighted by Gasteiger charge is 2.38. The molecule has 0 saturated heterocycles. The zero-order chi connectivity index (χ0) is 9.19. The highest BCUT2D eigenvalue weighted by atomic mass is 16.3. The lowest BCUT2D eigenvalue weighted by Crippen LogP contribution is -2.36. The lowest BCUT2D eigenvalue weighted by Gasteiger charge is -2.39. The van der Waals surface area contributed by atoms with Crippen LogP contribution in [-0.2, 0) is 9.59 Å². The van der Waals surface area contributed by atoms with Gasteiger partial charge in [0.2, 0.25) is 0 Å². The van der Waals surface area contributed by atoms with E-state index in [1.165, 1.54) is 6.92 Å². The molecule has 1 fully saturated rings. The van der Waals surface area contributed by atoms with Crippen LogP contribution in [0, 0.1) is 5.41 Å². The van der Waals surface area contributed by atoms with Gasteiger partial charge in [0.25, 0.3) is 0 Å². The van der Waals surface area contributed by atoms with Crippen LogP contribution in [0.4, 0.5) is 0 Å². The van der Waals surface area contributed by atoms with Crippen LogP contribution >= 0.6 is 0 Å². The molecular weight excluding hydrogens is 156 g/mol. The molecule has 0 radical (unpaired) electrons. The third kappa shape index (κ3) is 1.72. The summed E-state index contributed by atoms with van der Waals surface area (Å²) in [6.45, 7) is 1.32. The summed E-state index contributed by atoms with van der Waals surface area (Å²) in [5.74, 6) is -0.738. The SMILES string of the molecule is CC(=O)C(=O)CC1(CO)CCC1. The fourth-order valence-electron chi connectivity index (χ4n) is 1.53. The minimum atomic E-state index is -0.394. The Morgan fingerprint density at radius 2 is 2.00 bits per heavy atom. The van der Waals surface area contributed by atoms with Gasteiger partial charge in [0, 0.05) is 25.4 Å². The Hall–Kier alpha value is -0.700. The molecule has 1 N–H and O–H groups in total. The van der Waals surface area contributed by atoms with Crippen LogP contribution in [0.1, 0.15) is 32.6 Å². The summed E-state index contributed by atoms with van der Waals surface area (Å²) in [5, 5.41) is 9.00. The van der Waals surface area contributed by atoms with Gasteiger partial charge in [-0.05, 0) is 12.8 Å². The number of aliphatic hydroxyl groups is 1. The Morgan fingerprint density at radius 3 is 2.25 bits per heavy atom. The van der Waals surface area contributed by atoms with Crippen LogP contribution in [0.3, 0.4) is 0 Å². The van der Waals surface area contributed by atoms with Crippen molar-refractivity contribution in [3.05, 3.63) is 0 Å². The van der Waals surface area contributed by atoms with E-state index in [1.54, 1.807) is 0 Å². The highest BCUT2D eigenvalue weighted by Crippen LogP contribution is 2.43. The van der Waals surface area contributed by atoms with Crippen molar-refractivity contribution in [2.45, 2.75) is 32.6 Å². The minimum absolute atomic E-state index is 0.0337. The van der Waals surface area contributed by atoms with Crippen LogP contribution in [0.2, 0.25) is 0 Å². The molecule has 0 aromatic rings. The summed E-state index contributed by atoms with van der Waals surface area (Å²) in [4.78, 5) is 21.7. The van der Waals surface area contributed by atoms with Crippen molar-refractivity contribution in [1.82, 2.24) is 0 Å².